The van der Waals surface area contributed by atoms with Crippen molar-refractivity contribution in [2.75, 3.05) is 6.54 Å². The highest BCUT2D eigenvalue weighted by Gasteiger charge is 2.55. The number of carboxylic acids is 1. The van der Waals surface area contributed by atoms with Crippen molar-refractivity contribution in [2.24, 2.45) is 5.92 Å². The quantitative estimate of drug-likeness (QED) is 0.847. The monoisotopic (exact) mass is 371 g/mol. The van der Waals surface area contributed by atoms with Crippen LogP contribution < -0.4 is 5.32 Å². The van der Waals surface area contributed by atoms with Crippen molar-refractivity contribution in [2.45, 2.75) is 28.8 Å². The Kier molecular flexibility index (Phi) is 4.93. The molecule has 1 heterocycles. The van der Waals surface area contributed by atoms with E-state index in [0.29, 0.717) is 0 Å². The minimum atomic E-state index is -5.04. The first-order valence-corrected chi connectivity index (χ1v) is 8.49. The van der Waals surface area contributed by atoms with Gasteiger partial charge in [0.05, 0.1) is 9.92 Å². The lowest BCUT2D eigenvalue weighted by Crippen LogP contribution is -2.43. The Balaban J connectivity index is 2.45. The number of hydrogen-bond donors (Lipinski definition) is 2. The molecule has 2 rings (SSSR count). The maximum atomic E-state index is 13.4. The Morgan fingerprint density at radius 2 is 1.96 bits per heavy atom. The Bertz CT molecular complexity index is 707. The zero-order valence-corrected chi connectivity index (χ0v) is 13.1. The molecule has 0 aliphatic carbocycles. The predicted molar refractivity (Wildman–Crippen MR) is 76.0 cm³/mol. The molecule has 1 aliphatic rings. The van der Waals surface area contributed by atoms with Gasteiger partial charge in [-0.05, 0) is 24.5 Å². The van der Waals surface area contributed by atoms with Crippen LogP contribution in [0.15, 0.2) is 29.2 Å². The molecule has 0 saturated carbocycles. The first-order chi connectivity index (χ1) is 10.5. The minimum absolute atomic E-state index is 0.303. The van der Waals surface area contributed by atoms with Crippen LogP contribution >= 0.6 is 11.6 Å². The summed E-state index contributed by atoms with van der Waals surface area (Å²) in [7, 11) is -4.81. The van der Waals surface area contributed by atoms with Gasteiger partial charge in [-0.3, -0.25) is 4.79 Å². The summed E-state index contributed by atoms with van der Waals surface area (Å²) in [6, 6.07) is 3.68. The molecule has 5 nitrogen and oxygen atoms in total. The summed E-state index contributed by atoms with van der Waals surface area (Å²) in [4.78, 5) is 10.3. The molecule has 23 heavy (non-hydrogen) atoms. The maximum Gasteiger partial charge on any atom is 0.406 e. The molecular formula is C13H13ClF3NO4S. The second-order valence-electron chi connectivity index (χ2n) is 5.23. The average Bonchev–Trinajstić information content (AvgIpc) is 2.86. The van der Waals surface area contributed by atoms with Gasteiger partial charge in [0.2, 0.25) is 0 Å². The highest BCUT2D eigenvalue weighted by atomic mass is 35.5. The van der Waals surface area contributed by atoms with Crippen LogP contribution in [0.1, 0.15) is 6.42 Å². The van der Waals surface area contributed by atoms with E-state index in [0.717, 1.165) is 6.07 Å². The summed E-state index contributed by atoms with van der Waals surface area (Å²) in [5.74, 6) is -2.72. The lowest BCUT2D eigenvalue weighted by molar-refractivity contribution is -0.142. The van der Waals surface area contributed by atoms with Crippen molar-refractivity contribution < 1.29 is 31.5 Å². The van der Waals surface area contributed by atoms with E-state index < -0.39 is 50.5 Å². The Morgan fingerprint density at radius 1 is 1.35 bits per heavy atom. The fourth-order valence-corrected chi connectivity index (χ4v) is 5.10. The lowest BCUT2D eigenvalue weighted by Gasteiger charge is -2.25. The van der Waals surface area contributed by atoms with E-state index in [2.05, 4.69) is 5.32 Å². The van der Waals surface area contributed by atoms with Crippen LogP contribution in [-0.2, 0) is 14.6 Å². The number of alkyl halides is 3. The van der Waals surface area contributed by atoms with Crippen molar-refractivity contribution in [1.82, 2.24) is 5.32 Å². The largest absolute Gasteiger partial charge is 0.480 e. The van der Waals surface area contributed by atoms with Crippen LogP contribution in [0.3, 0.4) is 0 Å². The van der Waals surface area contributed by atoms with E-state index in [1.807, 2.05) is 0 Å². The number of carboxylic acid groups (broad SMARTS) is 1. The summed E-state index contributed by atoms with van der Waals surface area (Å²) in [5.41, 5.74) is 0. The van der Waals surface area contributed by atoms with Crippen molar-refractivity contribution in [3.05, 3.63) is 29.3 Å². The third-order valence-corrected chi connectivity index (χ3v) is 6.42. The SMILES string of the molecule is O=C(O)[C@@H]1C[C@@H](C(C(F)(F)F)S(=O)(=O)c2ccccc2Cl)CN1. The molecule has 1 aromatic rings. The smallest absolute Gasteiger partial charge is 0.406 e. The number of halogens is 4. The van der Waals surface area contributed by atoms with Gasteiger partial charge >= 0.3 is 12.1 Å². The Labute approximate surface area is 135 Å². The molecule has 1 unspecified atom stereocenters. The molecule has 0 radical (unpaired) electrons. The number of hydrogen-bond acceptors (Lipinski definition) is 4. The van der Waals surface area contributed by atoms with Gasteiger partial charge in [-0.1, -0.05) is 23.7 Å². The summed E-state index contributed by atoms with van der Waals surface area (Å²) < 4.78 is 65.2. The third kappa shape index (κ3) is 3.61. The number of rotatable bonds is 4. The van der Waals surface area contributed by atoms with E-state index in [1.165, 1.54) is 18.2 Å². The molecule has 0 aromatic heterocycles. The summed E-state index contributed by atoms with van der Waals surface area (Å²) in [6.07, 6.45) is -5.47. The van der Waals surface area contributed by atoms with Crippen LogP contribution in [0.25, 0.3) is 0 Å². The second kappa shape index (κ2) is 6.29. The number of carbonyl (C=O) groups is 1. The molecule has 1 saturated heterocycles. The Hall–Kier alpha value is -1.32. The molecule has 0 amide bonds. The molecule has 0 spiro atoms. The van der Waals surface area contributed by atoms with Crippen molar-refractivity contribution >= 4 is 27.4 Å². The first kappa shape index (κ1) is 18.0. The normalized spacial score (nSPS) is 23.7. The molecule has 1 aliphatic heterocycles. The van der Waals surface area contributed by atoms with Crippen molar-refractivity contribution in [3.63, 3.8) is 0 Å². The van der Waals surface area contributed by atoms with E-state index in [9.17, 15) is 26.4 Å². The van der Waals surface area contributed by atoms with E-state index in [4.69, 9.17) is 16.7 Å². The predicted octanol–water partition coefficient (Wildman–Crippen LogP) is 2.11. The van der Waals surface area contributed by atoms with Gasteiger partial charge in [-0.2, -0.15) is 13.2 Å². The average molecular weight is 372 g/mol. The van der Waals surface area contributed by atoms with E-state index in [1.54, 1.807) is 0 Å². The van der Waals surface area contributed by atoms with Crippen LogP contribution in [-0.4, -0.2) is 43.5 Å². The van der Waals surface area contributed by atoms with Crippen LogP contribution in [0.4, 0.5) is 13.2 Å². The molecular weight excluding hydrogens is 359 g/mol. The van der Waals surface area contributed by atoms with Crippen LogP contribution in [0.2, 0.25) is 5.02 Å². The van der Waals surface area contributed by atoms with Crippen LogP contribution in [0, 0.1) is 5.92 Å². The lowest BCUT2D eigenvalue weighted by atomic mass is 10.0. The highest BCUT2D eigenvalue weighted by molar-refractivity contribution is 7.92. The van der Waals surface area contributed by atoms with Crippen molar-refractivity contribution in [3.8, 4) is 0 Å². The zero-order chi connectivity index (χ0) is 17.4. The summed E-state index contributed by atoms with van der Waals surface area (Å²) in [5, 5.41) is 8.25. The molecule has 10 heteroatoms. The first-order valence-electron chi connectivity index (χ1n) is 6.56. The van der Waals surface area contributed by atoms with Gasteiger partial charge < -0.3 is 10.4 Å². The summed E-state index contributed by atoms with van der Waals surface area (Å²) >= 11 is 5.73. The summed E-state index contributed by atoms with van der Waals surface area (Å²) in [6.45, 7) is -0.356. The van der Waals surface area contributed by atoms with Crippen molar-refractivity contribution in [1.29, 1.82) is 0 Å². The number of nitrogens with one attached hydrogen (secondary N) is 1. The van der Waals surface area contributed by atoms with E-state index in [-0.39, 0.29) is 11.6 Å². The topological polar surface area (TPSA) is 83.5 Å². The molecule has 0 bridgehead atoms. The fourth-order valence-electron chi connectivity index (χ4n) is 2.69. The fraction of sp³-hybridized carbons (Fsp3) is 0.462. The molecule has 1 fully saturated rings. The van der Waals surface area contributed by atoms with Gasteiger partial charge in [0, 0.05) is 6.54 Å². The zero-order valence-electron chi connectivity index (χ0n) is 11.5. The van der Waals surface area contributed by atoms with E-state index >= 15 is 0 Å². The molecule has 3 atom stereocenters. The molecule has 1 aromatic carbocycles. The van der Waals surface area contributed by atoms with Gasteiger partial charge in [-0.25, -0.2) is 8.42 Å². The van der Waals surface area contributed by atoms with Gasteiger partial charge in [0.1, 0.15) is 6.04 Å². The number of aliphatic carboxylic acids is 1. The number of sulfone groups is 1. The maximum absolute atomic E-state index is 13.4. The van der Waals surface area contributed by atoms with Gasteiger partial charge in [-0.15, -0.1) is 0 Å². The highest BCUT2D eigenvalue weighted by Crippen LogP contribution is 2.40. The number of benzene rings is 1. The Morgan fingerprint density at radius 3 is 2.43 bits per heavy atom. The standard InChI is InChI=1S/C13H13ClF3NO4S/c14-8-3-1-2-4-10(8)23(21,22)11(13(15,16)17)7-5-9(12(19)20)18-6-7/h1-4,7,9,11,18H,5-6H2,(H,19,20)/t7-,9+,11?/m1/s1. The minimum Gasteiger partial charge on any atom is -0.480 e. The molecule has 2 N–H and O–H groups in total. The van der Waals surface area contributed by atoms with Gasteiger partial charge in [0.25, 0.3) is 0 Å². The van der Waals surface area contributed by atoms with Gasteiger partial charge in [0.15, 0.2) is 15.1 Å². The third-order valence-electron chi connectivity index (χ3n) is 3.69. The second-order valence-corrected chi connectivity index (χ2v) is 7.68. The molecule has 128 valence electrons. The van der Waals surface area contributed by atoms with Crippen LogP contribution in [0.5, 0.6) is 0 Å².